The van der Waals surface area contributed by atoms with Gasteiger partial charge >= 0.3 is 12.1 Å². The number of nitrogens with two attached hydrogens (primary N) is 1. The highest BCUT2D eigenvalue weighted by Gasteiger charge is 2.73. The summed E-state index contributed by atoms with van der Waals surface area (Å²) in [6.45, 7) is -0.0353. The van der Waals surface area contributed by atoms with Crippen LogP contribution in [0.2, 0.25) is 5.02 Å². The minimum atomic E-state index is -1.08. The zero-order chi connectivity index (χ0) is 17.4. The maximum absolute atomic E-state index is 12.0. The fourth-order valence-electron chi connectivity index (χ4n) is 3.28. The molecule has 0 saturated heterocycles. The van der Waals surface area contributed by atoms with Gasteiger partial charge in [0, 0.05) is 10.6 Å². The minimum Gasteiger partial charge on any atom is -0.486 e. The Hall–Kier alpha value is -2.48. The van der Waals surface area contributed by atoms with Crippen molar-refractivity contribution in [3.8, 4) is 5.75 Å². The van der Waals surface area contributed by atoms with Crippen LogP contribution in [0.15, 0.2) is 29.4 Å². The Kier molecular flexibility index (Phi) is 4.00. The number of benzene rings is 1. The van der Waals surface area contributed by atoms with E-state index >= 15 is 0 Å². The van der Waals surface area contributed by atoms with E-state index in [1.807, 2.05) is 0 Å². The normalized spacial score (nSPS) is 27.5. The second-order valence-corrected chi connectivity index (χ2v) is 6.66. The third kappa shape index (κ3) is 3.09. The molecule has 1 amide bonds. The van der Waals surface area contributed by atoms with Gasteiger partial charge in [-0.1, -0.05) is 16.8 Å². The number of amides is 1. The molecular formula is C15H16ClN3O5. The number of oxime groups is 1. The summed E-state index contributed by atoms with van der Waals surface area (Å²) in [5.41, 5.74) is 4.53. The number of ether oxygens (including phenoxy) is 1. The second-order valence-electron chi connectivity index (χ2n) is 6.23. The van der Waals surface area contributed by atoms with Gasteiger partial charge in [0.2, 0.25) is 0 Å². The molecule has 0 aliphatic heterocycles. The van der Waals surface area contributed by atoms with E-state index in [0.29, 0.717) is 30.0 Å². The van der Waals surface area contributed by atoms with Gasteiger partial charge in [-0.05, 0) is 43.5 Å². The molecule has 0 heterocycles. The summed E-state index contributed by atoms with van der Waals surface area (Å²) in [6, 6.07) is 6.71. The zero-order valence-corrected chi connectivity index (χ0v) is 13.4. The highest BCUT2D eigenvalue weighted by molar-refractivity contribution is 6.30. The number of hydrogen-bond acceptors (Lipinski definition) is 5. The van der Waals surface area contributed by atoms with Crippen molar-refractivity contribution in [2.24, 2.45) is 16.3 Å². The molecule has 4 N–H and O–H groups in total. The summed E-state index contributed by atoms with van der Waals surface area (Å²) < 4.78 is 5.37. The van der Waals surface area contributed by atoms with Gasteiger partial charge in [0.1, 0.15) is 12.4 Å². The van der Waals surface area contributed by atoms with Crippen molar-refractivity contribution in [2.75, 3.05) is 6.61 Å². The van der Waals surface area contributed by atoms with Gasteiger partial charge < -0.3 is 25.7 Å². The zero-order valence-electron chi connectivity index (χ0n) is 12.6. The largest absolute Gasteiger partial charge is 0.486 e. The van der Waals surface area contributed by atoms with Crippen LogP contribution in [0.3, 0.4) is 0 Å². The standard InChI is InChI=1S/C15H16ClN3O5/c16-9-1-3-10(4-2-9)23-5-11(17)19-24-12(20)14-6-15(7-14,8-14)18-13(21)22/h1-4,18H,5-8H2,(H2,17,19)(H,21,22). The molecule has 3 aliphatic rings. The Bertz CT molecular complexity index is 684. The Morgan fingerprint density at radius 1 is 1.29 bits per heavy atom. The molecule has 3 aliphatic carbocycles. The fraction of sp³-hybridized carbons (Fsp3) is 0.400. The van der Waals surface area contributed by atoms with E-state index in [1.54, 1.807) is 24.3 Å². The first-order valence-electron chi connectivity index (χ1n) is 7.26. The van der Waals surface area contributed by atoms with Crippen LogP contribution in [0.5, 0.6) is 5.75 Å². The Morgan fingerprint density at radius 3 is 2.50 bits per heavy atom. The molecule has 0 aromatic heterocycles. The van der Waals surface area contributed by atoms with Gasteiger partial charge in [-0.2, -0.15) is 0 Å². The lowest BCUT2D eigenvalue weighted by Crippen LogP contribution is -2.77. The van der Waals surface area contributed by atoms with E-state index in [9.17, 15) is 9.59 Å². The first-order chi connectivity index (χ1) is 11.3. The molecule has 0 atom stereocenters. The van der Waals surface area contributed by atoms with Crippen molar-refractivity contribution in [1.29, 1.82) is 0 Å². The van der Waals surface area contributed by atoms with E-state index in [4.69, 9.17) is 32.0 Å². The van der Waals surface area contributed by atoms with Crippen LogP contribution in [-0.2, 0) is 9.63 Å². The molecule has 8 nitrogen and oxygen atoms in total. The van der Waals surface area contributed by atoms with Crippen molar-refractivity contribution in [1.82, 2.24) is 5.32 Å². The summed E-state index contributed by atoms with van der Waals surface area (Å²) in [6.07, 6.45) is 0.212. The van der Waals surface area contributed by atoms with Crippen molar-refractivity contribution in [3.63, 3.8) is 0 Å². The minimum absolute atomic E-state index is 0.0169. The molecule has 3 saturated carbocycles. The second kappa shape index (κ2) is 5.86. The van der Waals surface area contributed by atoms with Gasteiger partial charge in [-0.15, -0.1) is 0 Å². The first-order valence-corrected chi connectivity index (χ1v) is 7.64. The number of halogens is 1. The van der Waals surface area contributed by atoms with Crippen molar-refractivity contribution >= 4 is 29.5 Å². The molecule has 1 aromatic rings. The lowest BCUT2D eigenvalue weighted by Gasteiger charge is -2.67. The molecular weight excluding hydrogens is 338 g/mol. The third-order valence-electron chi connectivity index (χ3n) is 4.28. The van der Waals surface area contributed by atoms with E-state index in [-0.39, 0.29) is 12.4 Å². The van der Waals surface area contributed by atoms with E-state index in [2.05, 4.69) is 10.5 Å². The average Bonchev–Trinajstić information content (AvgIpc) is 2.46. The topological polar surface area (TPSA) is 123 Å². The average molecular weight is 354 g/mol. The molecule has 3 fully saturated rings. The fourth-order valence-corrected chi connectivity index (χ4v) is 3.40. The maximum Gasteiger partial charge on any atom is 0.405 e. The number of amidine groups is 1. The molecule has 0 radical (unpaired) electrons. The van der Waals surface area contributed by atoms with Crippen LogP contribution in [0, 0.1) is 5.41 Å². The summed E-state index contributed by atoms with van der Waals surface area (Å²) in [4.78, 5) is 27.5. The van der Waals surface area contributed by atoms with Gasteiger partial charge in [0.15, 0.2) is 5.84 Å². The summed E-state index contributed by atoms with van der Waals surface area (Å²) >= 11 is 5.76. The monoisotopic (exact) mass is 353 g/mol. The number of nitrogens with zero attached hydrogens (tertiary/aromatic N) is 1. The summed E-state index contributed by atoms with van der Waals surface area (Å²) in [5, 5.41) is 15.3. The summed E-state index contributed by atoms with van der Waals surface area (Å²) in [7, 11) is 0. The molecule has 128 valence electrons. The first kappa shape index (κ1) is 16.4. The SMILES string of the molecule is NC(COc1ccc(Cl)cc1)=NOC(=O)C12CC(NC(=O)O)(C1)C2. The summed E-state index contributed by atoms with van der Waals surface area (Å²) in [5.74, 6) is 0.0827. The highest BCUT2D eigenvalue weighted by Crippen LogP contribution is 2.67. The van der Waals surface area contributed by atoms with Crippen molar-refractivity contribution in [2.45, 2.75) is 24.8 Å². The van der Waals surface area contributed by atoms with E-state index < -0.39 is 23.0 Å². The molecule has 2 bridgehead atoms. The highest BCUT2D eigenvalue weighted by atomic mass is 35.5. The van der Waals surface area contributed by atoms with Crippen LogP contribution >= 0.6 is 11.6 Å². The lowest BCUT2D eigenvalue weighted by molar-refractivity contribution is -0.203. The van der Waals surface area contributed by atoms with Crippen LogP contribution in [0.4, 0.5) is 4.79 Å². The molecule has 0 spiro atoms. The number of carbonyl (C=O) groups excluding carboxylic acids is 1. The molecule has 0 unspecified atom stereocenters. The van der Waals surface area contributed by atoms with Crippen LogP contribution < -0.4 is 15.8 Å². The van der Waals surface area contributed by atoms with Gasteiger partial charge in [0.05, 0.1) is 5.41 Å². The molecule has 24 heavy (non-hydrogen) atoms. The van der Waals surface area contributed by atoms with Gasteiger partial charge in [0.25, 0.3) is 0 Å². The molecule has 4 rings (SSSR count). The lowest BCUT2D eigenvalue weighted by atomic mass is 9.39. The van der Waals surface area contributed by atoms with Gasteiger partial charge in [-0.25, -0.2) is 9.59 Å². The van der Waals surface area contributed by atoms with Crippen LogP contribution in [0.1, 0.15) is 19.3 Å². The Labute approximate surface area is 142 Å². The van der Waals surface area contributed by atoms with Gasteiger partial charge in [-0.3, -0.25) is 0 Å². The predicted molar refractivity (Wildman–Crippen MR) is 84.8 cm³/mol. The molecule has 1 aromatic carbocycles. The van der Waals surface area contributed by atoms with Crippen molar-refractivity contribution < 1.29 is 24.3 Å². The smallest absolute Gasteiger partial charge is 0.405 e. The third-order valence-corrected chi connectivity index (χ3v) is 4.53. The Balaban J connectivity index is 1.44. The number of carboxylic acid groups (broad SMARTS) is 1. The van der Waals surface area contributed by atoms with Crippen LogP contribution in [-0.4, -0.2) is 35.2 Å². The number of hydrogen-bond donors (Lipinski definition) is 3. The molecule has 9 heteroatoms. The van der Waals surface area contributed by atoms with E-state index in [1.165, 1.54) is 0 Å². The number of carbonyl (C=O) groups is 2. The maximum atomic E-state index is 12.0. The van der Waals surface area contributed by atoms with Crippen molar-refractivity contribution in [3.05, 3.63) is 29.3 Å². The quantitative estimate of drug-likeness (QED) is 0.310. The number of rotatable bonds is 6. The van der Waals surface area contributed by atoms with Crippen LogP contribution in [0.25, 0.3) is 0 Å². The predicted octanol–water partition coefficient (Wildman–Crippen LogP) is 1.72. The number of nitrogens with one attached hydrogen (secondary N) is 1. The Morgan fingerprint density at radius 2 is 1.92 bits per heavy atom. The van der Waals surface area contributed by atoms with E-state index in [0.717, 1.165) is 0 Å².